The van der Waals surface area contributed by atoms with E-state index in [1.165, 1.54) is 11.0 Å². The maximum Gasteiger partial charge on any atom is 0.278 e. The number of carbonyl (C=O) groups excluding carboxylic acids is 2. The Kier molecular flexibility index (Phi) is 6.39. The van der Waals surface area contributed by atoms with Crippen molar-refractivity contribution >= 4 is 34.7 Å². The van der Waals surface area contributed by atoms with Crippen molar-refractivity contribution in [2.45, 2.75) is 20.3 Å². The molecule has 0 saturated carbocycles. The molecule has 0 fully saturated rings. The van der Waals surface area contributed by atoms with E-state index in [1.807, 2.05) is 19.9 Å². The number of nitrogens with one attached hydrogen (secondary N) is 1. The predicted molar refractivity (Wildman–Crippen MR) is 116 cm³/mol. The third-order valence-corrected chi connectivity index (χ3v) is 5.03. The summed E-state index contributed by atoms with van der Waals surface area (Å²) in [7, 11) is 0. The number of anilines is 1. The highest BCUT2D eigenvalue weighted by Gasteiger charge is 2.38. The van der Waals surface area contributed by atoms with Gasteiger partial charge in [0.2, 0.25) is 0 Å². The molecule has 0 radical (unpaired) electrons. The van der Waals surface area contributed by atoms with Crippen LogP contribution in [0.2, 0.25) is 5.02 Å². The highest BCUT2D eigenvalue weighted by atomic mass is 35.5. The minimum atomic E-state index is -0.393. The van der Waals surface area contributed by atoms with Gasteiger partial charge in [-0.25, -0.2) is 0 Å². The number of rotatable bonds is 8. The summed E-state index contributed by atoms with van der Waals surface area (Å²) in [5, 5.41) is 3.71. The van der Waals surface area contributed by atoms with E-state index in [0.717, 1.165) is 17.7 Å². The summed E-state index contributed by atoms with van der Waals surface area (Å²) in [6.07, 6.45) is 2.44. The van der Waals surface area contributed by atoms with Crippen molar-refractivity contribution in [1.82, 2.24) is 4.90 Å². The zero-order valence-corrected chi connectivity index (χ0v) is 17.3. The summed E-state index contributed by atoms with van der Waals surface area (Å²) in [5.41, 5.74) is 2.66. The van der Waals surface area contributed by atoms with Gasteiger partial charge in [-0.1, -0.05) is 42.8 Å². The van der Waals surface area contributed by atoms with E-state index < -0.39 is 5.91 Å². The molecule has 29 heavy (non-hydrogen) atoms. The first kappa shape index (κ1) is 20.7. The molecule has 6 heteroatoms. The molecule has 0 aromatic heterocycles. The average Bonchev–Trinajstić information content (AvgIpc) is 2.95. The molecule has 2 aromatic rings. The molecule has 0 spiro atoms. The van der Waals surface area contributed by atoms with Gasteiger partial charge in [-0.2, -0.15) is 0 Å². The number of benzene rings is 2. The van der Waals surface area contributed by atoms with E-state index in [-0.39, 0.29) is 18.1 Å². The summed E-state index contributed by atoms with van der Waals surface area (Å²) < 4.78 is 5.61. The maximum absolute atomic E-state index is 13.0. The molecule has 0 aliphatic carbocycles. The molecule has 0 unspecified atom stereocenters. The quantitative estimate of drug-likeness (QED) is 0.501. The number of halogens is 1. The summed E-state index contributed by atoms with van der Waals surface area (Å²) in [4.78, 5) is 27.2. The Morgan fingerprint density at radius 3 is 2.52 bits per heavy atom. The van der Waals surface area contributed by atoms with E-state index in [0.29, 0.717) is 28.5 Å². The van der Waals surface area contributed by atoms with Gasteiger partial charge in [-0.05, 0) is 48.7 Å². The van der Waals surface area contributed by atoms with Crippen LogP contribution in [0.3, 0.4) is 0 Å². The summed E-state index contributed by atoms with van der Waals surface area (Å²) in [6.45, 7) is 8.29. The van der Waals surface area contributed by atoms with Crippen LogP contribution in [0.15, 0.2) is 60.8 Å². The standard InChI is InChI=1S/C23H23ClN2O3/c1-4-13-26-22(27)20(16-9-11-17(12-10-16)29-14-5-2)21(23(26)28)25-19-8-6-7-18(24)15(19)3/h4,6-12,25H,1,5,13-14H2,2-3H3. The topological polar surface area (TPSA) is 58.6 Å². The molecule has 2 aromatic carbocycles. The van der Waals surface area contributed by atoms with Gasteiger partial charge in [0.15, 0.2) is 0 Å². The van der Waals surface area contributed by atoms with Crippen LogP contribution in [-0.4, -0.2) is 29.9 Å². The second kappa shape index (κ2) is 8.97. The lowest BCUT2D eigenvalue weighted by molar-refractivity contribution is -0.136. The van der Waals surface area contributed by atoms with Gasteiger partial charge in [-0.3, -0.25) is 14.5 Å². The molecule has 0 saturated heterocycles. The summed E-state index contributed by atoms with van der Waals surface area (Å²) >= 11 is 6.21. The monoisotopic (exact) mass is 410 g/mol. The molecule has 1 N–H and O–H groups in total. The molecule has 5 nitrogen and oxygen atoms in total. The fourth-order valence-corrected chi connectivity index (χ4v) is 3.24. The van der Waals surface area contributed by atoms with Gasteiger partial charge in [0.05, 0.1) is 12.2 Å². The summed E-state index contributed by atoms with van der Waals surface area (Å²) in [6, 6.07) is 12.6. The second-order valence-corrected chi connectivity index (χ2v) is 7.08. The Morgan fingerprint density at radius 1 is 1.14 bits per heavy atom. The smallest absolute Gasteiger partial charge is 0.278 e. The van der Waals surface area contributed by atoms with E-state index in [1.54, 1.807) is 36.4 Å². The number of nitrogens with zero attached hydrogens (tertiary/aromatic N) is 1. The van der Waals surface area contributed by atoms with Crippen molar-refractivity contribution in [3.8, 4) is 5.75 Å². The van der Waals surface area contributed by atoms with Crippen LogP contribution < -0.4 is 10.1 Å². The molecule has 1 heterocycles. The lowest BCUT2D eigenvalue weighted by Crippen LogP contribution is -2.32. The number of imide groups is 1. The van der Waals surface area contributed by atoms with Crippen molar-refractivity contribution in [1.29, 1.82) is 0 Å². The molecule has 2 amide bonds. The first-order chi connectivity index (χ1) is 14.0. The minimum absolute atomic E-state index is 0.137. The third kappa shape index (κ3) is 4.20. The Bertz CT molecular complexity index is 980. The molecule has 0 atom stereocenters. The van der Waals surface area contributed by atoms with Gasteiger partial charge >= 0.3 is 0 Å². The van der Waals surface area contributed by atoms with Crippen LogP contribution >= 0.6 is 11.6 Å². The normalized spacial score (nSPS) is 13.8. The number of hydrogen-bond donors (Lipinski definition) is 1. The number of ether oxygens (including phenoxy) is 1. The Balaban J connectivity index is 2.03. The molecular formula is C23H23ClN2O3. The zero-order chi connectivity index (χ0) is 21.0. The highest BCUT2D eigenvalue weighted by Crippen LogP contribution is 2.33. The van der Waals surface area contributed by atoms with E-state index in [9.17, 15) is 9.59 Å². The predicted octanol–water partition coefficient (Wildman–Crippen LogP) is 4.82. The van der Waals surface area contributed by atoms with Crippen LogP contribution in [0.25, 0.3) is 5.57 Å². The SMILES string of the molecule is C=CCN1C(=O)C(Nc2cccc(Cl)c2C)=C(c2ccc(OCCC)cc2)C1=O. The Hall–Kier alpha value is -3.05. The van der Waals surface area contributed by atoms with Gasteiger partial charge in [-0.15, -0.1) is 6.58 Å². The zero-order valence-electron chi connectivity index (χ0n) is 16.5. The number of hydrogen-bond acceptors (Lipinski definition) is 4. The number of amides is 2. The minimum Gasteiger partial charge on any atom is -0.494 e. The molecule has 0 bridgehead atoms. The van der Waals surface area contributed by atoms with Crippen LogP contribution in [0.1, 0.15) is 24.5 Å². The molecule has 1 aliphatic rings. The molecular weight excluding hydrogens is 388 g/mol. The van der Waals surface area contributed by atoms with Gasteiger partial charge in [0, 0.05) is 17.3 Å². The van der Waals surface area contributed by atoms with Gasteiger partial charge < -0.3 is 10.1 Å². The van der Waals surface area contributed by atoms with E-state index >= 15 is 0 Å². The Labute approximate surface area is 175 Å². The third-order valence-electron chi connectivity index (χ3n) is 4.62. The van der Waals surface area contributed by atoms with Crippen LogP contribution in [-0.2, 0) is 9.59 Å². The van der Waals surface area contributed by atoms with Crippen molar-refractivity contribution in [2.75, 3.05) is 18.5 Å². The first-order valence-corrected chi connectivity index (χ1v) is 9.82. The van der Waals surface area contributed by atoms with E-state index in [4.69, 9.17) is 16.3 Å². The van der Waals surface area contributed by atoms with Crippen LogP contribution in [0, 0.1) is 6.92 Å². The fraction of sp³-hybridized carbons (Fsp3) is 0.217. The lowest BCUT2D eigenvalue weighted by Gasteiger charge is -2.13. The molecule has 3 rings (SSSR count). The van der Waals surface area contributed by atoms with Crippen LogP contribution in [0.4, 0.5) is 5.69 Å². The maximum atomic E-state index is 13.0. The average molecular weight is 411 g/mol. The largest absolute Gasteiger partial charge is 0.494 e. The molecule has 150 valence electrons. The van der Waals surface area contributed by atoms with Gasteiger partial charge in [0.25, 0.3) is 11.8 Å². The van der Waals surface area contributed by atoms with Crippen molar-refractivity contribution < 1.29 is 14.3 Å². The van der Waals surface area contributed by atoms with Crippen LogP contribution in [0.5, 0.6) is 5.75 Å². The number of carbonyl (C=O) groups is 2. The van der Waals surface area contributed by atoms with Gasteiger partial charge in [0.1, 0.15) is 11.4 Å². The fourth-order valence-electron chi connectivity index (χ4n) is 3.07. The van der Waals surface area contributed by atoms with Crippen molar-refractivity contribution in [2.24, 2.45) is 0 Å². The van der Waals surface area contributed by atoms with Crippen molar-refractivity contribution in [3.63, 3.8) is 0 Å². The lowest BCUT2D eigenvalue weighted by atomic mass is 10.0. The summed E-state index contributed by atoms with van der Waals surface area (Å²) in [5.74, 6) is -0.0361. The molecule has 1 aliphatic heterocycles. The van der Waals surface area contributed by atoms with Crippen molar-refractivity contribution in [3.05, 3.63) is 77.0 Å². The van der Waals surface area contributed by atoms with E-state index in [2.05, 4.69) is 11.9 Å². The Morgan fingerprint density at radius 2 is 1.86 bits per heavy atom. The second-order valence-electron chi connectivity index (χ2n) is 6.67. The first-order valence-electron chi connectivity index (χ1n) is 9.44. The highest BCUT2D eigenvalue weighted by molar-refractivity contribution is 6.36.